The highest BCUT2D eigenvalue weighted by atomic mass is 79.9. The molecule has 1 N–H and O–H groups in total. The molecular weight excluding hydrogens is 346 g/mol. The summed E-state index contributed by atoms with van der Waals surface area (Å²) in [5, 5.41) is 10.3. The van der Waals surface area contributed by atoms with Crippen molar-refractivity contribution in [2.45, 2.75) is 6.10 Å². The Bertz CT molecular complexity index is 671. The van der Waals surface area contributed by atoms with Crippen LogP contribution in [-0.2, 0) is 0 Å². The van der Waals surface area contributed by atoms with Gasteiger partial charge in [0.05, 0.1) is 4.47 Å². The Hall–Kier alpha value is -1.66. The minimum absolute atomic E-state index is 0.135. The van der Waals surface area contributed by atoms with Crippen molar-refractivity contribution >= 4 is 15.9 Å². The fraction of sp³-hybridized carbons (Fsp3) is 0.200. The summed E-state index contributed by atoms with van der Waals surface area (Å²) in [6, 6.07) is 6.20. The molecule has 0 saturated carbocycles. The van der Waals surface area contributed by atoms with E-state index in [1.807, 2.05) is 0 Å². The van der Waals surface area contributed by atoms with Crippen LogP contribution in [0.15, 0.2) is 34.8 Å². The van der Waals surface area contributed by atoms with Crippen LogP contribution in [0.25, 0.3) is 0 Å². The first-order valence-electron chi connectivity index (χ1n) is 6.27. The lowest BCUT2D eigenvalue weighted by molar-refractivity contribution is 0.168. The Kier molecular flexibility index (Phi) is 3.82. The first kappa shape index (κ1) is 14.3. The Morgan fingerprint density at radius 2 is 1.57 bits per heavy atom. The van der Waals surface area contributed by atoms with Crippen LogP contribution >= 0.6 is 15.9 Å². The summed E-state index contributed by atoms with van der Waals surface area (Å²) in [6.45, 7) is 0.857. The van der Waals surface area contributed by atoms with Gasteiger partial charge in [-0.3, -0.25) is 0 Å². The Balaban J connectivity index is 2.01. The molecule has 1 aliphatic heterocycles. The maximum Gasteiger partial charge on any atom is 0.175 e. The van der Waals surface area contributed by atoms with Gasteiger partial charge in [-0.15, -0.1) is 0 Å². The zero-order valence-electron chi connectivity index (χ0n) is 10.8. The molecule has 1 heterocycles. The molecule has 0 aliphatic carbocycles. The quantitative estimate of drug-likeness (QED) is 0.893. The van der Waals surface area contributed by atoms with Crippen molar-refractivity contribution in [3.8, 4) is 11.5 Å². The number of hydrogen-bond donors (Lipinski definition) is 1. The Morgan fingerprint density at radius 1 is 0.952 bits per heavy atom. The predicted molar refractivity (Wildman–Crippen MR) is 75.6 cm³/mol. The van der Waals surface area contributed by atoms with Gasteiger partial charge in [0.1, 0.15) is 31.0 Å². The summed E-state index contributed by atoms with van der Waals surface area (Å²) < 4.78 is 38.0. The standard InChI is InChI=1S/C15H11BrF2O3/c16-12-5-9(6-13-15(12)21-2-1-20-13)14(19)8-3-10(17)7-11(18)4-8/h3-7,14,19H,1-2H2. The van der Waals surface area contributed by atoms with Crippen LogP contribution in [0.3, 0.4) is 0 Å². The van der Waals surface area contributed by atoms with Crippen molar-refractivity contribution in [1.29, 1.82) is 0 Å². The number of ether oxygens (including phenoxy) is 2. The monoisotopic (exact) mass is 356 g/mol. The van der Waals surface area contributed by atoms with Gasteiger partial charge >= 0.3 is 0 Å². The van der Waals surface area contributed by atoms with Crippen LogP contribution in [0.4, 0.5) is 8.78 Å². The van der Waals surface area contributed by atoms with Crippen LogP contribution in [0.2, 0.25) is 0 Å². The molecule has 0 spiro atoms. The average Bonchev–Trinajstić information content (AvgIpc) is 2.45. The molecule has 1 aliphatic rings. The molecule has 21 heavy (non-hydrogen) atoms. The molecule has 0 fully saturated rings. The van der Waals surface area contributed by atoms with E-state index in [1.165, 1.54) is 0 Å². The van der Waals surface area contributed by atoms with E-state index >= 15 is 0 Å². The molecule has 110 valence electrons. The summed E-state index contributed by atoms with van der Waals surface area (Å²) in [5.41, 5.74) is 0.590. The number of halogens is 3. The minimum atomic E-state index is -1.16. The van der Waals surface area contributed by atoms with E-state index in [-0.39, 0.29) is 5.56 Å². The zero-order valence-corrected chi connectivity index (χ0v) is 12.4. The van der Waals surface area contributed by atoms with Gasteiger partial charge in [0, 0.05) is 6.07 Å². The molecule has 3 nitrogen and oxygen atoms in total. The highest BCUT2D eigenvalue weighted by Crippen LogP contribution is 2.40. The molecule has 1 unspecified atom stereocenters. The highest BCUT2D eigenvalue weighted by Gasteiger charge is 2.20. The van der Waals surface area contributed by atoms with E-state index in [1.54, 1.807) is 12.1 Å². The van der Waals surface area contributed by atoms with Crippen LogP contribution in [0, 0.1) is 11.6 Å². The fourth-order valence-corrected chi connectivity index (χ4v) is 2.79. The van der Waals surface area contributed by atoms with Gasteiger partial charge in [0.2, 0.25) is 0 Å². The van der Waals surface area contributed by atoms with Gasteiger partial charge in [-0.05, 0) is 51.3 Å². The van der Waals surface area contributed by atoms with E-state index in [9.17, 15) is 13.9 Å². The fourth-order valence-electron chi connectivity index (χ4n) is 2.21. The number of hydrogen-bond acceptors (Lipinski definition) is 3. The lowest BCUT2D eigenvalue weighted by Crippen LogP contribution is -2.16. The molecule has 0 radical (unpaired) electrons. The topological polar surface area (TPSA) is 38.7 Å². The van der Waals surface area contributed by atoms with Crippen LogP contribution in [0.1, 0.15) is 17.2 Å². The predicted octanol–water partition coefficient (Wildman–Crippen LogP) is 3.58. The smallest absolute Gasteiger partial charge is 0.175 e. The molecule has 0 saturated heterocycles. The summed E-state index contributed by atoms with van der Waals surface area (Å²) in [6.07, 6.45) is -1.16. The first-order valence-corrected chi connectivity index (χ1v) is 7.07. The summed E-state index contributed by atoms with van der Waals surface area (Å²) in [7, 11) is 0. The lowest BCUT2D eigenvalue weighted by Gasteiger charge is -2.22. The minimum Gasteiger partial charge on any atom is -0.486 e. The van der Waals surface area contributed by atoms with Crippen LogP contribution in [0.5, 0.6) is 11.5 Å². The molecule has 6 heteroatoms. The van der Waals surface area contributed by atoms with Crippen molar-refractivity contribution in [3.05, 3.63) is 57.6 Å². The van der Waals surface area contributed by atoms with Gasteiger partial charge < -0.3 is 14.6 Å². The third-order valence-corrected chi connectivity index (χ3v) is 3.72. The van der Waals surface area contributed by atoms with Gasteiger partial charge in [0.25, 0.3) is 0 Å². The maximum atomic E-state index is 13.3. The van der Waals surface area contributed by atoms with Crippen molar-refractivity contribution in [3.63, 3.8) is 0 Å². The second-order valence-electron chi connectivity index (χ2n) is 4.63. The SMILES string of the molecule is OC(c1cc(F)cc(F)c1)c1cc(Br)c2c(c1)OCCO2. The second kappa shape index (κ2) is 5.61. The second-order valence-corrected chi connectivity index (χ2v) is 5.49. The summed E-state index contributed by atoms with van der Waals surface area (Å²) in [4.78, 5) is 0. The van der Waals surface area contributed by atoms with Crippen molar-refractivity contribution in [2.24, 2.45) is 0 Å². The molecule has 0 amide bonds. The molecule has 0 bridgehead atoms. The van der Waals surface area contributed by atoms with E-state index < -0.39 is 17.7 Å². The largest absolute Gasteiger partial charge is 0.486 e. The van der Waals surface area contributed by atoms with Gasteiger partial charge in [0.15, 0.2) is 11.5 Å². The number of benzene rings is 2. The van der Waals surface area contributed by atoms with Gasteiger partial charge in [-0.25, -0.2) is 8.78 Å². The Morgan fingerprint density at radius 3 is 2.29 bits per heavy atom. The summed E-state index contributed by atoms with van der Waals surface area (Å²) >= 11 is 3.34. The number of aliphatic hydroxyl groups excluding tert-OH is 1. The molecule has 3 rings (SSSR count). The molecule has 2 aromatic rings. The normalized spacial score (nSPS) is 14.9. The van der Waals surface area contributed by atoms with Gasteiger partial charge in [-0.2, -0.15) is 0 Å². The lowest BCUT2D eigenvalue weighted by atomic mass is 10.0. The highest BCUT2D eigenvalue weighted by molar-refractivity contribution is 9.10. The van der Waals surface area contributed by atoms with E-state index in [0.717, 1.165) is 18.2 Å². The number of aliphatic hydroxyl groups is 1. The third kappa shape index (κ3) is 2.87. The van der Waals surface area contributed by atoms with Gasteiger partial charge in [-0.1, -0.05) is 0 Å². The third-order valence-electron chi connectivity index (χ3n) is 3.14. The van der Waals surface area contributed by atoms with Crippen molar-refractivity contribution in [1.82, 2.24) is 0 Å². The van der Waals surface area contributed by atoms with E-state index in [2.05, 4.69) is 15.9 Å². The summed E-state index contributed by atoms with van der Waals surface area (Å²) in [5.74, 6) is -0.425. The van der Waals surface area contributed by atoms with E-state index in [4.69, 9.17) is 9.47 Å². The zero-order chi connectivity index (χ0) is 15.0. The van der Waals surface area contributed by atoms with Crippen LogP contribution < -0.4 is 9.47 Å². The Labute approximate surface area is 128 Å². The molecule has 1 atom stereocenters. The van der Waals surface area contributed by atoms with Crippen LogP contribution in [-0.4, -0.2) is 18.3 Å². The average molecular weight is 357 g/mol. The molecular formula is C15H11BrF2O3. The maximum absolute atomic E-state index is 13.3. The van der Waals surface area contributed by atoms with Crippen molar-refractivity contribution in [2.75, 3.05) is 13.2 Å². The molecule has 2 aromatic carbocycles. The number of fused-ring (bicyclic) bond motifs is 1. The number of rotatable bonds is 2. The van der Waals surface area contributed by atoms with E-state index in [0.29, 0.717) is 34.7 Å². The first-order chi connectivity index (χ1) is 10.0. The van der Waals surface area contributed by atoms with Crippen molar-refractivity contribution < 1.29 is 23.4 Å². The molecule has 0 aromatic heterocycles.